The second-order valence-corrected chi connectivity index (χ2v) is 4.04. The minimum atomic E-state index is -0.151. The van der Waals surface area contributed by atoms with Crippen LogP contribution in [0.5, 0.6) is 0 Å². The monoisotopic (exact) mass is 224 g/mol. The van der Waals surface area contributed by atoms with Gasteiger partial charge in [0.05, 0.1) is 0 Å². The van der Waals surface area contributed by atoms with Crippen molar-refractivity contribution in [1.29, 1.82) is 0 Å². The summed E-state index contributed by atoms with van der Waals surface area (Å²) < 4.78 is 0. The second kappa shape index (κ2) is 7.04. The third-order valence-corrected chi connectivity index (χ3v) is 2.76. The van der Waals surface area contributed by atoms with Crippen molar-refractivity contribution < 1.29 is 9.59 Å². The van der Waals surface area contributed by atoms with Gasteiger partial charge in [-0.3, -0.25) is 9.59 Å². The summed E-state index contributed by atoms with van der Waals surface area (Å²) in [5.41, 5.74) is 0. The van der Waals surface area contributed by atoms with Gasteiger partial charge >= 0.3 is 0 Å². The highest BCUT2D eigenvalue weighted by atomic mass is 16.2. The van der Waals surface area contributed by atoms with E-state index in [1.54, 1.807) is 0 Å². The van der Waals surface area contributed by atoms with E-state index in [4.69, 9.17) is 0 Å². The van der Waals surface area contributed by atoms with Crippen LogP contribution in [0.1, 0.15) is 32.1 Å². The SMILES string of the molecule is C=CC(=O)NCCCN1CCCCCC1=O. The van der Waals surface area contributed by atoms with Gasteiger partial charge in [-0.25, -0.2) is 0 Å². The number of carbonyl (C=O) groups excluding carboxylic acids is 2. The van der Waals surface area contributed by atoms with Crippen LogP contribution < -0.4 is 5.32 Å². The van der Waals surface area contributed by atoms with Gasteiger partial charge in [-0.15, -0.1) is 0 Å². The summed E-state index contributed by atoms with van der Waals surface area (Å²) in [5, 5.41) is 2.71. The van der Waals surface area contributed by atoms with Crippen LogP contribution in [0.4, 0.5) is 0 Å². The zero-order valence-electron chi connectivity index (χ0n) is 9.71. The van der Waals surface area contributed by atoms with Crippen LogP contribution >= 0.6 is 0 Å². The Morgan fingerprint density at radius 2 is 2.25 bits per heavy atom. The van der Waals surface area contributed by atoms with E-state index in [0.29, 0.717) is 13.0 Å². The van der Waals surface area contributed by atoms with Gasteiger partial charge in [-0.05, 0) is 25.3 Å². The fraction of sp³-hybridized carbons (Fsp3) is 0.667. The molecule has 1 saturated heterocycles. The fourth-order valence-corrected chi connectivity index (χ4v) is 1.83. The molecule has 0 aliphatic carbocycles. The van der Waals surface area contributed by atoms with Crippen molar-refractivity contribution >= 4 is 11.8 Å². The number of hydrogen-bond donors (Lipinski definition) is 1. The summed E-state index contributed by atoms with van der Waals surface area (Å²) in [6, 6.07) is 0. The molecule has 1 heterocycles. The van der Waals surface area contributed by atoms with Gasteiger partial charge in [0.1, 0.15) is 0 Å². The van der Waals surface area contributed by atoms with Gasteiger partial charge in [0.2, 0.25) is 11.8 Å². The highest BCUT2D eigenvalue weighted by molar-refractivity contribution is 5.86. The van der Waals surface area contributed by atoms with Crippen molar-refractivity contribution in [1.82, 2.24) is 10.2 Å². The lowest BCUT2D eigenvalue weighted by molar-refractivity contribution is -0.130. The Bertz CT molecular complexity index is 264. The van der Waals surface area contributed by atoms with Crippen molar-refractivity contribution in [3.05, 3.63) is 12.7 Å². The molecule has 0 atom stereocenters. The topological polar surface area (TPSA) is 49.4 Å². The summed E-state index contributed by atoms with van der Waals surface area (Å²) in [6.07, 6.45) is 6.02. The lowest BCUT2D eigenvalue weighted by atomic mass is 10.2. The van der Waals surface area contributed by atoms with Crippen molar-refractivity contribution in [3.63, 3.8) is 0 Å². The molecule has 1 fully saturated rings. The molecular weight excluding hydrogens is 204 g/mol. The number of nitrogens with zero attached hydrogens (tertiary/aromatic N) is 1. The number of nitrogens with one attached hydrogen (secondary N) is 1. The number of hydrogen-bond acceptors (Lipinski definition) is 2. The van der Waals surface area contributed by atoms with E-state index in [1.165, 1.54) is 6.08 Å². The van der Waals surface area contributed by atoms with Gasteiger partial charge in [0.15, 0.2) is 0 Å². The zero-order chi connectivity index (χ0) is 11.8. The lowest BCUT2D eigenvalue weighted by Crippen LogP contribution is -2.33. The Hall–Kier alpha value is -1.32. The molecule has 4 heteroatoms. The lowest BCUT2D eigenvalue weighted by Gasteiger charge is -2.20. The average Bonchev–Trinajstić information content (AvgIpc) is 2.49. The molecular formula is C12H20N2O2. The van der Waals surface area contributed by atoms with Crippen molar-refractivity contribution in [3.8, 4) is 0 Å². The van der Waals surface area contributed by atoms with Crippen LogP contribution in [0.25, 0.3) is 0 Å². The second-order valence-electron chi connectivity index (χ2n) is 4.04. The van der Waals surface area contributed by atoms with E-state index in [-0.39, 0.29) is 11.8 Å². The highest BCUT2D eigenvalue weighted by Crippen LogP contribution is 2.10. The molecule has 0 aromatic carbocycles. The van der Waals surface area contributed by atoms with E-state index < -0.39 is 0 Å². The van der Waals surface area contributed by atoms with E-state index in [9.17, 15) is 9.59 Å². The third-order valence-electron chi connectivity index (χ3n) is 2.76. The van der Waals surface area contributed by atoms with Crippen LogP contribution in [0.2, 0.25) is 0 Å². The molecule has 1 aliphatic heterocycles. The Labute approximate surface area is 96.7 Å². The average molecular weight is 224 g/mol. The molecule has 0 unspecified atom stereocenters. The van der Waals surface area contributed by atoms with Gasteiger partial charge in [-0.2, -0.15) is 0 Å². The smallest absolute Gasteiger partial charge is 0.243 e. The van der Waals surface area contributed by atoms with Crippen LogP contribution in [0.15, 0.2) is 12.7 Å². The molecule has 1 N–H and O–H groups in total. The molecule has 0 spiro atoms. The van der Waals surface area contributed by atoms with Gasteiger partial charge < -0.3 is 10.2 Å². The van der Waals surface area contributed by atoms with E-state index in [2.05, 4.69) is 11.9 Å². The number of carbonyl (C=O) groups is 2. The summed E-state index contributed by atoms with van der Waals surface area (Å²) >= 11 is 0. The highest BCUT2D eigenvalue weighted by Gasteiger charge is 2.15. The normalized spacial score (nSPS) is 16.8. The zero-order valence-corrected chi connectivity index (χ0v) is 9.71. The van der Waals surface area contributed by atoms with E-state index >= 15 is 0 Å². The first-order valence-electron chi connectivity index (χ1n) is 5.92. The summed E-state index contributed by atoms with van der Waals surface area (Å²) in [6.45, 7) is 5.60. The van der Waals surface area contributed by atoms with Gasteiger partial charge in [-0.1, -0.05) is 13.0 Å². The summed E-state index contributed by atoms with van der Waals surface area (Å²) in [4.78, 5) is 24.4. The first-order valence-corrected chi connectivity index (χ1v) is 5.92. The Morgan fingerprint density at radius 1 is 1.44 bits per heavy atom. The molecule has 4 nitrogen and oxygen atoms in total. The van der Waals surface area contributed by atoms with Crippen LogP contribution in [-0.2, 0) is 9.59 Å². The largest absolute Gasteiger partial charge is 0.353 e. The van der Waals surface area contributed by atoms with Gasteiger partial charge in [0, 0.05) is 26.1 Å². The van der Waals surface area contributed by atoms with Crippen LogP contribution in [0, 0.1) is 0 Å². The maximum absolute atomic E-state index is 11.6. The van der Waals surface area contributed by atoms with Gasteiger partial charge in [0.25, 0.3) is 0 Å². The van der Waals surface area contributed by atoms with Crippen LogP contribution in [-0.4, -0.2) is 36.3 Å². The Balaban J connectivity index is 2.17. The molecule has 90 valence electrons. The molecule has 1 aliphatic rings. The first kappa shape index (κ1) is 12.7. The van der Waals surface area contributed by atoms with E-state index in [1.807, 2.05) is 4.90 Å². The quantitative estimate of drug-likeness (QED) is 0.561. The molecule has 2 amide bonds. The summed E-state index contributed by atoms with van der Waals surface area (Å²) in [7, 11) is 0. The maximum Gasteiger partial charge on any atom is 0.243 e. The third kappa shape index (κ3) is 4.47. The maximum atomic E-state index is 11.6. The van der Waals surface area contributed by atoms with E-state index in [0.717, 1.165) is 38.8 Å². The molecule has 0 aromatic heterocycles. The molecule has 0 saturated carbocycles. The fourth-order valence-electron chi connectivity index (χ4n) is 1.83. The predicted molar refractivity (Wildman–Crippen MR) is 62.9 cm³/mol. The molecule has 0 aromatic rings. The predicted octanol–water partition coefficient (Wildman–Crippen LogP) is 1.08. The summed E-state index contributed by atoms with van der Waals surface area (Å²) in [5.74, 6) is 0.106. The molecule has 1 rings (SSSR count). The van der Waals surface area contributed by atoms with Crippen molar-refractivity contribution in [2.45, 2.75) is 32.1 Å². The minimum Gasteiger partial charge on any atom is -0.353 e. The standard InChI is InChI=1S/C12H20N2O2/c1-2-11(15)13-8-6-10-14-9-5-3-4-7-12(14)16/h2H,1,3-10H2,(H,13,15). The van der Waals surface area contributed by atoms with Crippen LogP contribution in [0.3, 0.4) is 0 Å². The van der Waals surface area contributed by atoms with Crippen molar-refractivity contribution in [2.75, 3.05) is 19.6 Å². The first-order chi connectivity index (χ1) is 7.74. The number of rotatable bonds is 5. The minimum absolute atomic E-state index is 0.151. The number of amides is 2. The number of likely N-dealkylation sites (tertiary alicyclic amines) is 1. The molecule has 0 bridgehead atoms. The molecule has 0 radical (unpaired) electrons. The molecule has 16 heavy (non-hydrogen) atoms. The Kier molecular flexibility index (Phi) is 5.61. The van der Waals surface area contributed by atoms with Crippen molar-refractivity contribution in [2.24, 2.45) is 0 Å². The Morgan fingerprint density at radius 3 is 3.00 bits per heavy atom.